The zero-order valence-corrected chi connectivity index (χ0v) is 23.3. The van der Waals surface area contributed by atoms with E-state index in [0.717, 1.165) is 0 Å². The summed E-state index contributed by atoms with van der Waals surface area (Å²) in [5.41, 5.74) is 0.498. The summed E-state index contributed by atoms with van der Waals surface area (Å²) in [5.74, 6) is -4.02. The molecule has 1 saturated carbocycles. The highest BCUT2D eigenvalue weighted by molar-refractivity contribution is 6.31. The largest absolute Gasteiger partial charge is 0.351 e. The van der Waals surface area contributed by atoms with Gasteiger partial charge in [0.1, 0.15) is 17.9 Å². The van der Waals surface area contributed by atoms with Crippen molar-refractivity contribution in [1.29, 1.82) is 0 Å². The Labute approximate surface area is 241 Å². The Morgan fingerprint density at radius 3 is 2.41 bits per heavy atom. The van der Waals surface area contributed by atoms with E-state index in [0.29, 0.717) is 24.4 Å². The zero-order valence-electron chi connectivity index (χ0n) is 22.5. The second kappa shape index (κ2) is 12.1. The number of anilines is 2. The molecule has 5 rings (SSSR count). The molecule has 2 amide bonds. The first-order chi connectivity index (χ1) is 19.6. The zero-order chi connectivity index (χ0) is 29.1. The Kier molecular flexibility index (Phi) is 8.49. The lowest BCUT2D eigenvalue weighted by molar-refractivity contribution is -0.128. The first-order valence-electron chi connectivity index (χ1n) is 13.7. The van der Waals surface area contributed by atoms with Gasteiger partial charge in [-0.2, -0.15) is 0 Å². The maximum atomic E-state index is 14.6. The van der Waals surface area contributed by atoms with Gasteiger partial charge in [0.25, 0.3) is 5.91 Å². The lowest BCUT2D eigenvalue weighted by atomic mass is 9.91. The van der Waals surface area contributed by atoms with Gasteiger partial charge >= 0.3 is 0 Å². The minimum Gasteiger partial charge on any atom is -0.351 e. The first kappa shape index (κ1) is 28.9. The smallest absolute Gasteiger partial charge is 0.250 e. The summed E-state index contributed by atoms with van der Waals surface area (Å²) in [4.78, 5) is 40.5. The van der Waals surface area contributed by atoms with E-state index in [1.165, 1.54) is 23.1 Å². The Morgan fingerprint density at radius 1 is 1.02 bits per heavy atom. The molecule has 1 aliphatic carbocycles. The molecule has 1 aliphatic heterocycles. The van der Waals surface area contributed by atoms with Gasteiger partial charge < -0.3 is 10.2 Å². The van der Waals surface area contributed by atoms with Gasteiger partial charge in [0, 0.05) is 53.6 Å². The van der Waals surface area contributed by atoms with E-state index in [1.807, 2.05) is 11.8 Å². The van der Waals surface area contributed by atoms with Crippen LogP contribution in [-0.2, 0) is 9.59 Å². The minimum absolute atomic E-state index is 0.0720. The fourth-order valence-corrected chi connectivity index (χ4v) is 5.98. The van der Waals surface area contributed by atoms with Crippen molar-refractivity contribution >= 4 is 35.1 Å². The highest BCUT2D eigenvalue weighted by Gasteiger charge is 2.44. The third kappa shape index (κ3) is 6.32. The summed E-state index contributed by atoms with van der Waals surface area (Å²) < 4.78 is 42.3. The van der Waals surface area contributed by atoms with E-state index in [9.17, 15) is 22.8 Å². The van der Waals surface area contributed by atoms with Crippen LogP contribution in [0.5, 0.6) is 0 Å². The number of benzene rings is 2. The number of alkyl halides is 2. The Hall–Kier alpha value is -3.66. The van der Waals surface area contributed by atoms with Crippen molar-refractivity contribution < 1.29 is 22.8 Å². The van der Waals surface area contributed by atoms with Crippen LogP contribution < -0.4 is 15.1 Å². The van der Waals surface area contributed by atoms with E-state index in [4.69, 9.17) is 11.6 Å². The van der Waals surface area contributed by atoms with Gasteiger partial charge in [-0.3, -0.25) is 14.5 Å². The molecule has 3 aromatic rings. The molecule has 0 radical (unpaired) electrons. The highest BCUT2D eigenvalue weighted by Crippen LogP contribution is 2.38. The van der Waals surface area contributed by atoms with Crippen molar-refractivity contribution in [1.82, 2.24) is 15.3 Å². The summed E-state index contributed by atoms with van der Waals surface area (Å²) in [6, 6.07) is 11.2. The summed E-state index contributed by atoms with van der Waals surface area (Å²) >= 11 is 6.60. The molecule has 2 aromatic carbocycles. The van der Waals surface area contributed by atoms with E-state index >= 15 is 0 Å². The summed E-state index contributed by atoms with van der Waals surface area (Å²) in [6.07, 6.45) is 3.83. The first-order valence-corrected chi connectivity index (χ1v) is 14.1. The molecular weight excluding hydrogens is 555 g/mol. The SMILES string of the molecule is C[C@H]1CC[C@@H](C(=O)N(c2cccc(F)c2)[C@@H](C(=O)NC2CCC(F)(F)CC2)c2ccccc2Cl)N1c1ncccn1. The van der Waals surface area contributed by atoms with Crippen LogP contribution in [0.25, 0.3) is 0 Å². The monoisotopic (exact) mass is 585 g/mol. The van der Waals surface area contributed by atoms with E-state index < -0.39 is 41.7 Å². The topological polar surface area (TPSA) is 78.4 Å². The number of halogens is 4. The standard InChI is InChI=1S/C30H31ClF3N5O2/c1-19-10-11-25(38(19)29-35-16-5-17-36-29)28(41)39(22-7-4-6-20(32)18-22)26(23-8-2-3-9-24(23)31)27(40)37-21-12-14-30(33,34)15-13-21/h2-9,16-19,21,25-26H,10-15H2,1H3,(H,37,40)/t19-,25-,26+/m0/s1. The van der Waals surface area contributed by atoms with E-state index in [2.05, 4.69) is 15.3 Å². The van der Waals surface area contributed by atoms with Crippen LogP contribution in [-0.4, -0.2) is 45.8 Å². The number of carbonyl (C=O) groups excluding carboxylic acids is 2. The number of hydrogen-bond donors (Lipinski definition) is 1. The van der Waals surface area contributed by atoms with Gasteiger partial charge in [0.15, 0.2) is 0 Å². The molecular formula is C30H31ClF3N5O2. The molecule has 0 unspecified atom stereocenters. The number of amides is 2. The maximum Gasteiger partial charge on any atom is 0.250 e. The van der Waals surface area contributed by atoms with Crippen molar-refractivity contribution in [2.75, 3.05) is 9.80 Å². The minimum atomic E-state index is -2.77. The van der Waals surface area contributed by atoms with Crippen LogP contribution in [0.2, 0.25) is 5.02 Å². The number of rotatable bonds is 7. The normalized spacial score (nSPS) is 21.3. The molecule has 1 saturated heterocycles. The quantitative estimate of drug-likeness (QED) is 0.363. The summed E-state index contributed by atoms with van der Waals surface area (Å²) in [6.45, 7) is 1.97. The number of nitrogens with zero attached hydrogens (tertiary/aromatic N) is 4. The lowest BCUT2D eigenvalue weighted by Gasteiger charge is -2.37. The van der Waals surface area contributed by atoms with Crippen LogP contribution in [0.3, 0.4) is 0 Å². The molecule has 7 nitrogen and oxygen atoms in total. The molecule has 0 bridgehead atoms. The lowest BCUT2D eigenvalue weighted by Crippen LogP contribution is -2.53. The molecule has 3 atom stereocenters. The average Bonchev–Trinajstić information content (AvgIpc) is 3.34. The molecule has 216 valence electrons. The summed E-state index contributed by atoms with van der Waals surface area (Å²) in [7, 11) is 0. The van der Waals surface area contributed by atoms with Gasteiger partial charge in [-0.1, -0.05) is 35.9 Å². The Bertz CT molecular complexity index is 1390. The molecule has 11 heteroatoms. The molecule has 2 aliphatic rings. The van der Waals surface area contributed by atoms with Crippen LogP contribution in [0.15, 0.2) is 67.0 Å². The molecule has 41 heavy (non-hydrogen) atoms. The number of nitrogens with one attached hydrogen (secondary N) is 1. The average molecular weight is 586 g/mol. The third-order valence-corrected chi connectivity index (χ3v) is 8.17. The van der Waals surface area contributed by atoms with Crippen LogP contribution in [0.1, 0.15) is 57.1 Å². The second-order valence-corrected chi connectivity index (χ2v) is 11.1. The van der Waals surface area contributed by atoms with Gasteiger partial charge in [-0.25, -0.2) is 23.1 Å². The fraction of sp³-hybridized carbons (Fsp3) is 0.400. The number of carbonyl (C=O) groups is 2. The predicted molar refractivity (Wildman–Crippen MR) is 150 cm³/mol. The van der Waals surface area contributed by atoms with Crippen LogP contribution >= 0.6 is 11.6 Å². The number of aromatic nitrogens is 2. The molecule has 1 aromatic heterocycles. The van der Waals surface area contributed by atoms with Crippen molar-refractivity contribution in [2.24, 2.45) is 0 Å². The van der Waals surface area contributed by atoms with E-state index in [-0.39, 0.29) is 42.4 Å². The number of hydrogen-bond acceptors (Lipinski definition) is 5. The van der Waals surface area contributed by atoms with Gasteiger partial charge in [-0.15, -0.1) is 0 Å². The summed E-state index contributed by atoms with van der Waals surface area (Å²) in [5, 5.41) is 3.12. The molecule has 0 spiro atoms. The van der Waals surface area contributed by atoms with E-state index in [1.54, 1.807) is 48.8 Å². The third-order valence-electron chi connectivity index (χ3n) is 7.83. The van der Waals surface area contributed by atoms with Gasteiger partial charge in [-0.05, 0) is 62.9 Å². The van der Waals surface area contributed by atoms with Crippen LogP contribution in [0.4, 0.5) is 24.8 Å². The second-order valence-electron chi connectivity index (χ2n) is 10.6. The molecule has 2 heterocycles. The van der Waals surface area contributed by atoms with Crippen molar-refractivity contribution in [3.63, 3.8) is 0 Å². The predicted octanol–water partition coefficient (Wildman–Crippen LogP) is 6.10. The Balaban J connectivity index is 1.57. The van der Waals surface area contributed by atoms with Gasteiger partial charge in [0.05, 0.1) is 0 Å². The maximum absolute atomic E-state index is 14.6. The van der Waals surface area contributed by atoms with Crippen molar-refractivity contribution in [3.05, 3.63) is 83.4 Å². The highest BCUT2D eigenvalue weighted by atomic mass is 35.5. The van der Waals surface area contributed by atoms with Gasteiger partial charge in [0.2, 0.25) is 17.8 Å². The fourth-order valence-electron chi connectivity index (χ4n) is 5.74. The molecule has 2 fully saturated rings. The van der Waals surface area contributed by atoms with Crippen molar-refractivity contribution in [2.45, 2.75) is 75.5 Å². The van der Waals surface area contributed by atoms with Crippen LogP contribution in [0, 0.1) is 5.82 Å². The molecule has 1 N–H and O–H groups in total. The Morgan fingerprint density at radius 2 is 1.73 bits per heavy atom. The van der Waals surface area contributed by atoms with Crippen molar-refractivity contribution in [3.8, 4) is 0 Å².